The lowest BCUT2D eigenvalue weighted by Crippen LogP contribution is -2.48. The molecule has 23 heavy (non-hydrogen) atoms. The number of rotatable bonds is 2. The number of hydrogen-bond donors (Lipinski definition) is 1. The number of hydrogen-bond acceptors (Lipinski definition) is 4. The van der Waals surface area contributed by atoms with Gasteiger partial charge in [0.15, 0.2) is 0 Å². The van der Waals surface area contributed by atoms with Crippen molar-refractivity contribution in [1.29, 1.82) is 0 Å². The van der Waals surface area contributed by atoms with Crippen molar-refractivity contribution in [2.24, 2.45) is 5.92 Å². The zero-order valence-corrected chi connectivity index (χ0v) is 14.9. The number of fused-ring (bicyclic) bond motifs is 1. The summed E-state index contributed by atoms with van der Waals surface area (Å²) in [6.45, 7) is 6.24. The van der Waals surface area contributed by atoms with Crippen LogP contribution in [0.5, 0.6) is 0 Å². The average molecular weight is 337 g/mol. The van der Waals surface area contributed by atoms with E-state index >= 15 is 0 Å². The van der Waals surface area contributed by atoms with Crippen molar-refractivity contribution < 1.29 is 9.53 Å². The second-order valence-corrected chi connectivity index (χ2v) is 7.71. The van der Waals surface area contributed by atoms with Gasteiger partial charge in [-0.05, 0) is 43.2 Å². The standard InChI is InChI=1S/C18H28N2O2S/c1-14-7-12-23-17(14)13-20-9-4-10-22-11-8-19-18(21)15-5-2-3-6-16(15)20/h7,12,15-16H,2-6,8-11,13H2,1H3,(H,19,21)/t15-,16+/m1/s1. The molecule has 1 amide bonds. The van der Waals surface area contributed by atoms with E-state index in [1.54, 1.807) is 0 Å². The highest BCUT2D eigenvalue weighted by Crippen LogP contribution is 2.31. The lowest BCUT2D eigenvalue weighted by atomic mass is 9.82. The molecule has 0 bridgehead atoms. The van der Waals surface area contributed by atoms with Crippen molar-refractivity contribution in [1.82, 2.24) is 10.2 Å². The third kappa shape index (κ3) is 4.34. The summed E-state index contributed by atoms with van der Waals surface area (Å²) in [5.41, 5.74) is 1.37. The van der Waals surface area contributed by atoms with E-state index in [9.17, 15) is 4.79 Å². The Labute approximate surface area is 143 Å². The largest absolute Gasteiger partial charge is 0.380 e. The number of carbonyl (C=O) groups is 1. The van der Waals surface area contributed by atoms with Crippen LogP contribution in [-0.2, 0) is 16.1 Å². The van der Waals surface area contributed by atoms with E-state index in [2.05, 4.69) is 28.6 Å². The van der Waals surface area contributed by atoms with Gasteiger partial charge in [-0.15, -0.1) is 11.3 Å². The molecule has 1 aromatic rings. The van der Waals surface area contributed by atoms with Crippen molar-refractivity contribution in [3.05, 3.63) is 21.9 Å². The Morgan fingerprint density at radius 2 is 2.17 bits per heavy atom. The van der Waals surface area contributed by atoms with Gasteiger partial charge in [-0.25, -0.2) is 0 Å². The smallest absolute Gasteiger partial charge is 0.224 e. The topological polar surface area (TPSA) is 41.6 Å². The van der Waals surface area contributed by atoms with Crippen LogP contribution < -0.4 is 5.32 Å². The third-order valence-corrected chi connectivity index (χ3v) is 6.14. The Morgan fingerprint density at radius 1 is 1.30 bits per heavy atom. The van der Waals surface area contributed by atoms with Crippen LogP contribution in [0, 0.1) is 12.8 Å². The molecular formula is C18H28N2O2S. The fraction of sp³-hybridized carbons (Fsp3) is 0.722. The van der Waals surface area contributed by atoms with Crippen LogP contribution in [0.1, 0.15) is 42.5 Å². The molecule has 1 N–H and O–H groups in total. The first-order valence-corrected chi connectivity index (χ1v) is 9.76. The molecule has 4 nitrogen and oxygen atoms in total. The summed E-state index contributed by atoms with van der Waals surface area (Å²) in [7, 11) is 0. The van der Waals surface area contributed by atoms with Gasteiger partial charge in [0.25, 0.3) is 0 Å². The Kier molecular flexibility index (Phi) is 6.08. The number of nitrogens with zero attached hydrogens (tertiary/aromatic N) is 1. The SMILES string of the molecule is Cc1ccsc1CN1CCCOCCNC(=O)[C@@H]2CCCC[C@@H]21. The zero-order chi connectivity index (χ0) is 16.1. The normalized spacial score (nSPS) is 27.8. The molecule has 0 unspecified atom stereocenters. The predicted molar refractivity (Wildman–Crippen MR) is 93.7 cm³/mol. The maximum absolute atomic E-state index is 12.6. The summed E-state index contributed by atoms with van der Waals surface area (Å²) in [6.07, 6.45) is 5.63. The van der Waals surface area contributed by atoms with Crippen LogP contribution in [0.2, 0.25) is 0 Å². The summed E-state index contributed by atoms with van der Waals surface area (Å²) >= 11 is 1.84. The van der Waals surface area contributed by atoms with Crippen LogP contribution in [0.3, 0.4) is 0 Å². The lowest BCUT2D eigenvalue weighted by molar-refractivity contribution is -0.128. The van der Waals surface area contributed by atoms with Crippen LogP contribution in [0.15, 0.2) is 11.4 Å². The molecule has 1 aliphatic heterocycles. The second-order valence-electron chi connectivity index (χ2n) is 6.71. The van der Waals surface area contributed by atoms with Gasteiger partial charge in [-0.1, -0.05) is 12.8 Å². The highest BCUT2D eigenvalue weighted by Gasteiger charge is 2.35. The van der Waals surface area contributed by atoms with Crippen LogP contribution in [0.25, 0.3) is 0 Å². The molecular weight excluding hydrogens is 308 g/mol. The Morgan fingerprint density at radius 3 is 3.00 bits per heavy atom. The number of thiophene rings is 1. The molecule has 128 valence electrons. The Bertz CT molecular complexity index is 517. The average Bonchev–Trinajstić information content (AvgIpc) is 2.95. The van der Waals surface area contributed by atoms with Gasteiger partial charge in [0.2, 0.25) is 5.91 Å². The van der Waals surface area contributed by atoms with Gasteiger partial charge >= 0.3 is 0 Å². The maximum Gasteiger partial charge on any atom is 0.224 e. The van der Waals surface area contributed by atoms with E-state index in [1.807, 2.05) is 11.3 Å². The molecule has 1 aliphatic carbocycles. The van der Waals surface area contributed by atoms with Gasteiger partial charge in [0.05, 0.1) is 12.5 Å². The number of nitrogens with one attached hydrogen (secondary N) is 1. The summed E-state index contributed by atoms with van der Waals surface area (Å²) in [5, 5.41) is 5.25. The van der Waals surface area contributed by atoms with E-state index in [-0.39, 0.29) is 11.8 Å². The Hall–Kier alpha value is -0.910. The minimum absolute atomic E-state index is 0.141. The maximum atomic E-state index is 12.6. The highest BCUT2D eigenvalue weighted by molar-refractivity contribution is 7.10. The summed E-state index contributed by atoms with van der Waals surface area (Å²) < 4.78 is 5.64. The quantitative estimate of drug-likeness (QED) is 0.903. The summed E-state index contributed by atoms with van der Waals surface area (Å²) in [5.74, 6) is 0.371. The van der Waals surface area contributed by atoms with Gasteiger partial charge < -0.3 is 10.1 Å². The molecule has 0 aromatic carbocycles. The van der Waals surface area contributed by atoms with E-state index < -0.39 is 0 Å². The van der Waals surface area contributed by atoms with Crippen molar-refractivity contribution in [3.63, 3.8) is 0 Å². The van der Waals surface area contributed by atoms with Gasteiger partial charge in [-0.3, -0.25) is 9.69 Å². The second kappa shape index (κ2) is 8.27. The fourth-order valence-corrected chi connectivity index (χ4v) is 4.75. The van der Waals surface area contributed by atoms with Crippen LogP contribution in [-0.4, -0.2) is 43.2 Å². The highest BCUT2D eigenvalue weighted by atomic mass is 32.1. The summed E-state index contributed by atoms with van der Waals surface area (Å²) in [4.78, 5) is 16.6. The zero-order valence-electron chi connectivity index (χ0n) is 14.1. The minimum atomic E-state index is 0.141. The first kappa shape index (κ1) is 16.9. The molecule has 2 heterocycles. The van der Waals surface area contributed by atoms with Gasteiger partial charge in [0.1, 0.15) is 0 Å². The monoisotopic (exact) mass is 336 g/mol. The minimum Gasteiger partial charge on any atom is -0.380 e. The van der Waals surface area contributed by atoms with Crippen LogP contribution >= 0.6 is 11.3 Å². The van der Waals surface area contributed by atoms with Gasteiger partial charge in [0, 0.05) is 37.2 Å². The van der Waals surface area contributed by atoms with Crippen LogP contribution in [0.4, 0.5) is 0 Å². The molecule has 2 aliphatic rings. The molecule has 2 atom stereocenters. The van der Waals surface area contributed by atoms with E-state index in [0.717, 1.165) is 39.0 Å². The molecule has 2 fully saturated rings. The number of ether oxygens (including phenoxy) is 1. The van der Waals surface area contributed by atoms with E-state index in [0.29, 0.717) is 19.2 Å². The van der Waals surface area contributed by atoms with Crippen molar-refractivity contribution in [2.45, 2.75) is 51.6 Å². The molecule has 1 saturated heterocycles. The van der Waals surface area contributed by atoms with E-state index in [4.69, 9.17) is 4.74 Å². The molecule has 1 aromatic heterocycles. The number of carbonyl (C=O) groups excluding carboxylic acids is 1. The number of amides is 1. The first-order chi connectivity index (χ1) is 11.3. The molecule has 0 radical (unpaired) electrons. The predicted octanol–water partition coefficient (Wildman–Crippen LogP) is 2.95. The van der Waals surface area contributed by atoms with Gasteiger partial charge in [-0.2, -0.15) is 0 Å². The molecule has 1 saturated carbocycles. The lowest BCUT2D eigenvalue weighted by Gasteiger charge is -2.39. The van der Waals surface area contributed by atoms with E-state index in [1.165, 1.54) is 23.3 Å². The van der Waals surface area contributed by atoms with Crippen molar-refractivity contribution in [2.75, 3.05) is 26.3 Å². The molecule has 0 spiro atoms. The Balaban J connectivity index is 1.79. The van der Waals surface area contributed by atoms with Crippen molar-refractivity contribution in [3.8, 4) is 0 Å². The van der Waals surface area contributed by atoms with Crippen molar-refractivity contribution >= 4 is 17.2 Å². The summed E-state index contributed by atoms with van der Waals surface area (Å²) in [6, 6.07) is 2.57. The molecule has 3 rings (SSSR count). The first-order valence-electron chi connectivity index (χ1n) is 8.88. The molecule has 5 heteroatoms. The fourth-order valence-electron chi connectivity index (χ4n) is 3.82. The third-order valence-electron chi connectivity index (χ3n) is 5.13. The number of aryl methyl sites for hydroxylation is 1.